The van der Waals surface area contributed by atoms with Crippen molar-refractivity contribution in [2.45, 2.75) is 6.42 Å². The second-order valence-electron chi connectivity index (χ2n) is 2.17. The molecule has 2 rings (SSSR count). The summed E-state index contributed by atoms with van der Waals surface area (Å²) in [5.41, 5.74) is 0. The van der Waals surface area contributed by atoms with Gasteiger partial charge in [0.25, 0.3) is 0 Å². The van der Waals surface area contributed by atoms with Crippen LogP contribution in [0.1, 0.15) is 6.42 Å². The van der Waals surface area contributed by atoms with Gasteiger partial charge in [-0.25, -0.2) is 4.58 Å². The van der Waals surface area contributed by atoms with Crippen LogP contribution in [0.2, 0.25) is 0 Å². The number of amidine groups is 1. The van der Waals surface area contributed by atoms with Crippen molar-refractivity contribution in [3.63, 3.8) is 0 Å². The number of hydrogen-bond acceptors (Lipinski definition) is 0. The Morgan fingerprint density at radius 3 is 3.44 bits per heavy atom. The van der Waals surface area contributed by atoms with Crippen LogP contribution in [0.4, 0.5) is 0 Å². The van der Waals surface area contributed by atoms with Gasteiger partial charge in [-0.15, -0.1) is 0 Å². The van der Waals surface area contributed by atoms with Gasteiger partial charge in [-0.05, 0) is 5.32 Å². The molecule has 0 aliphatic carbocycles. The molecule has 0 N–H and O–H groups in total. The summed E-state index contributed by atoms with van der Waals surface area (Å²) in [5, 5.41) is 4.13. The highest BCUT2D eigenvalue weighted by molar-refractivity contribution is 5.90. The van der Waals surface area contributed by atoms with E-state index in [1.807, 2.05) is 12.4 Å². The summed E-state index contributed by atoms with van der Waals surface area (Å²) in [7, 11) is 0. The Bertz CT molecular complexity index is 211. The zero-order valence-corrected chi connectivity index (χ0v) is 5.12. The van der Waals surface area contributed by atoms with Crippen molar-refractivity contribution in [3.05, 3.63) is 24.6 Å². The van der Waals surface area contributed by atoms with Crippen LogP contribution in [0.15, 0.2) is 24.6 Å². The largest absolute Gasteiger partial charge is 0.322 e. The van der Waals surface area contributed by atoms with Crippen LogP contribution < -0.4 is 5.32 Å². The molecular weight excluding hydrogens is 112 g/mol. The van der Waals surface area contributed by atoms with E-state index in [4.69, 9.17) is 0 Å². The molecule has 0 aromatic heterocycles. The Hall–Kier alpha value is -1.05. The van der Waals surface area contributed by atoms with Gasteiger partial charge in [-0.1, -0.05) is 6.08 Å². The van der Waals surface area contributed by atoms with Gasteiger partial charge < -0.3 is 0 Å². The lowest BCUT2D eigenvalue weighted by Gasteiger charge is -1.99. The van der Waals surface area contributed by atoms with Crippen molar-refractivity contribution < 1.29 is 4.58 Å². The smallest absolute Gasteiger partial charge is 0.227 e. The van der Waals surface area contributed by atoms with E-state index in [1.165, 1.54) is 0 Å². The van der Waals surface area contributed by atoms with E-state index >= 15 is 0 Å². The fraction of sp³-hybridized carbons (Fsp3) is 0.286. The predicted octanol–water partition coefficient (Wildman–Crippen LogP) is 0.446. The summed E-state index contributed by atoms with van der Waals surface area (Å²) >= 11 is 0. The average Bonchev–Trinajstić information content (AvgIpc) is 2.33. The Morgan fingerprint density at radius 1 is 1.56 bits per heavy atom. The third-order valence-electron chi connectivity index (χ3n) is 1.55. The van der Waals surface area contributed by atoms with Gasteiger partial charge in [-0.3, -0.25) is 0 Å². The van der Waals surface area contributed by atoms with Crippen molar-refractivity contribution in [1.29, 1.82) is 0 Å². The van der Waals surface area contributed by atoms with Crippen molar-refractivity contribution >= 4 is 5.84 Å². The highest BCUT2D eigenvalue weighted by atomic mass is 15.1. The maximum Gasteiger partial charge on any atom is 0.322 e. The fourth-order valence-electron chi connectivity index (χ4n) is 1.07. The molecule has 0 saturated carbocycles. The lowest BCUT2D eigenvalue weighted by atomic mass is 10.3. The molecule has 0 saturated heterocycles. The van der Waals surface area contributed by atoms with E-state index in [1.54, 1.807) is 0 Å². The van der Waals surface area contributed by atoms with Crippen molar-refractivity contribution in [3.8, 4) is 0 Å². The van der Waals surface area contributed by atoms with Gasteiger partial charge in [0.1, 0.15) is 6.20 Å². The molecule has 0 aromatic carbocycles. The van der Waals surface area contributed by atoms with Crippen LogP contribution >= 0.6 is 0 Å². The molecule has 0 spiro atoms. The molecule has 9 heavy (non-hydrogen) atoms. The Kier molecular flexibility index (Phi) is 0.918. The average molecular weight is 120 g/mol. The van der Waals surface area contributed by atoms with E-state index < -0.39 is 0 Å². The number of rotatable bonds is 0. The molecule has 2 heteroatoms. The minimum absolute atomic E-state index is 1.08. The first-order valence-electron chi connectivity index (χ1n) is 3.14. The summed E-state index contributed by atoms with van der Waals surface area (Å²) < 4.78 is 2.15. The van der Waals surface area contributed by atoms with E-state index in [-0.39, 0.29) is 0 Å². The minimum atomic E-state index is 1.08. The molecule has 2 nitrogen and oxygen atoms in total. The highest BCUT2D eigenvalue weighted by Gasteiger charge is 2.18. The van der Waals surface area contributed by atoms with Crippen LogP contribution in [0.3, 0.4) is 0 Å². The van der Waals surface area contributed by atoms with Crippen LogP contribution in [0, 0.1) is 0 Å². The van der Waals surface area contributed by atoms with Crippen LogP contribution in [-0.4, -0.2) is 17.0 Å². The molecule has 0 atom stereocenters. The SMILES string of the molecule is C1=CC2=[N+](C=C[N]2)CC1. The lowest BCUT2D eigenvalue weighted by molar-refractivity contribution is -0.454. The van der Waals surface area contributed by atoms with Crippen LogP contribution in [-0.2, 0) is 0 Å². The number of hydrogen-bond donors (Lipinski definition) is 0. The molecular formula is C7H8N2+. The Morgan fingerprint density at radius 2 is 2.56 bits per heavy atom. The second-order valence-corrected chi connectivity index (χ2v) is 2.17. The Balaban J connectivity index is 2.35. The zero-order valence-electron chi connectivity index (χ0n) is 5.12. The fourth-order valence-corrected chi connectivity index (χ4v) is 1.07. The van der Waals surface area contributed by atoms with E-state index in [0.717, 1.165) is 18.8 Å². The van der Waals surface area contributed by atoms with Gasteiger partial charge in [0.05, 0.1) is 6.54 Å². The summed E-state index contributed by atoms with van der Waals surface area (Å²) in [6.07, 6.45) is 9.21. The monoisotopic (exact) mass is 120 g/mol. The van der Waals surface area contributed by atoms with E-state index in [0.29, 0.717) is 0 Å². The van der Waals surface area contributed by atoms with Crippen molar-refractivity contribution in [2.24, 2.45) is 0 Å². The zero-order chi connectivity index (χ0) is 6.10. The minimum Gasteiger partial charge on any atom is -0.227 e. The molecule has 2 aliphatic rings. The highest BCUT2D eigenvalue weighted by Crippen LogP contribution is 2.00. The first kappa shape index (κ1) is 4.79. The Labute approximate surface area is 54.2 Å². The normalized spacial score (nSPS) is 22.2. The maximum absolute atomic E-state index is 4.13. The molecule has 0 bridgehead atoms. The van der Waals surface area contributed by atoms with Gasteiger partial charge in [0.2, 0.25) is 0 Å². The molecule has 0 amide bonds. The van der Waals surface area contributed by atoms with E-state index in [9.17, 15) is 0 Å². The topological polar surface area (TPSA) is 17.1 Å². The quantitative estimate of drug-likeness (QED) is 0.413. The molecule has 2 heterocycles. The summed E-state index contributed by atoms with van der Waals surface area (Å²) in [5.74, 6) is 1.08. The molecule has 0 unspecified atom stereocenters. The summed E-state index contributed by atoms with van der Waals surface area (Å²) in [6.45, 7) is 1.09. The van der Waals surface area contributed by atoms with E-state index in [2.05, 4.69) is 22.0 Å². The lowest BCUT2D eigenvalue weighted by Crippen LogP contribution is -2.19. The van der Waals surface area contributed by atoms with Gasteiger partial charge in [0, 0.05) is 12.5 Å². The van der Waals surface area contributed by atoms with Gasteiger partial charge in [-0.2, -0.15) is 0 Å². The molecule has 45 valence electrons. The predicted molar refractivity (Wildman–Crippen MR) is 35.2 cm³/mol. The standard InChI is InChI=1S/C7H8N2/c1-2-5-9-6-4-8-7(9)3-1/h1,3-4,6H,2,5H2/q+1. The molecule has 2 aliphatic heterocycles. The summed E-state index contributed by atoms with van der Waals surface area (Å²) in [6, 6.07) is 0. The summed E-state index contributed by atoms with van der Waals surface area (Å²) in [4.78, 5) is 0. The molecule has 1 radical (unpaired) electrons. The molecule has 0 aromatic rings. The van der Waals surface area contributed by atoms with Crippen molar-refractivity contribution in [1.82, 2.24) is 5.32 Å². The van der Waals surface area contributed by atoms with Gasteiger partial charge in [0.15, 0.2) is 6.20 Å². The third-order valence-corrected chi connectivity index (χ3v) is 1.55. The third kappa shape index (κ3) is 0.669. The first-order valence-corrected chi connectivity index (χ1v) is 3.14. The van der Waals surface area contributed by atoms with Crippen LogP contribution in [0.25, 0.3) is 0 Å². The van der Waals surface area contributed by atoms with Crippen molar-refractivity contribution in [2.75, 3.05) is 6.54 Å². The first-order chi connectivity index (χ1) is 4.47. The van der Waals surface area contributed by atoms with Gasteiger partial charge >= 0.3 is 5.84 Å². The second kappa shape index (κ2) is 1.72. The molecule has 0 fully saturated rings. The van der Waals surface area contributed by atoms with Crippen LogP contribution in [0.5, 0.6) is 0 Å². The maximum atomic E-state index is 4.13. The number of nitrogens with zero attached hydrogens (tertiary/aromatic N) is 2.